The third-order valence-corrected chi connectivity index (χ3v) is 8.11. The largest absolute Gasteiger partial charge is 0.445 e. The van der Waals surface area contributed by atoms with E-state index in [0.717, 1.165) is 24.0 Å². The number of rotatable bonds is 19. The van der Waals surface area contributed by atoms with E-state index in [0.29, 0.717) is 19.3 Å². The van der Waals surface area contributed by atoms with E-state index in [-0.39, 0.29) is 32.2 Å². The Bertz CT molecular complexity index is 1100. The molecular formula is C31H45N2O7P. The van der Waals surface area contributed by atoms with Crippen molar-refractivity contribution in [3.8, 4) is 0 Å². The summed E-state index contributed by atoms with van der Waals surface area (Å²) in [5.41, 5.74) is 0.759. The number of carbonyl (C=O) groups is 3. The SMILES string of the molecule is CCCCOP(=O)(OCCCC)C(=O)[C@H](Cc1ccccc1)NC(=O)[C@H](CC(C)C)NC(=O)OCc1ccccc1. The average Bonchev–Trinajstić information content (AvgIpc) is 2.96. The van der Waals surface area contributed by atoms with Crippen LogP contribution in [0, 0.1) is 5.92 Å². The highest BCUT2D eigenvalue weighted by Gasteiger charge is 2.41. The van der Waals surface area contributed by atoms with Crippen LogP contribution >= 0.6 is 7.60 Å². The second kappa shape index (κ2) is 18.4. The minimum absolute atomic E-state index is 0.0456. The van der Waals surface area contributed by atoms with Gasteiger partial charge in [0, 0.05) is 6.42 Å². The molecular weight excluding hydrogens is 543 g/mol. The van der Waals surface area contributed by atoms with Crippen molar-refractivity contribution in [1.29, 1.82) is 0 Å². The summed E-state index contributed by atoms with van der Waals surface area (Å²) < 4.78 is 30.3. The van der Waals surface area contributed by atoms with Crippen LogP contribution in [0.4, 0.5) is 4.79 Å². The molecule has 0 aliphatic rings. The first-order chi connectivity index (χ1) is 19.7. The van der Waals surface area contributed by atoms with Gasteiger partial charge in [0.1, 0.15) is 18.7 Å². The van der Waals surface area contributed by atoms with E-state index >= 15 is 0 Å². The van der Waals surface area contributed by atoms with Crippen LogP contribution in [0.1, 0.15) is 70.9 Å². The van der Waals surface area contributed by atoms with E-state index in [1.165, 1.54) is 0 Å². The molecule has 9 nitrogen and oxygen atoms in total. The van der Waals surface area contributed by atoms with Gasteiger partial charge in [0.2, 0.25) is 5.91 Å². The molecule has 2 rings (SSSR count). The highest BCUT2D eigenvalue weighted by Crippen LogP contribution is 2.50. The molecule has 0 unspecified atom stereocenters. The number of nitrogens with one attached hydrogen (secondary N) is 2. The van der Waals surface area contributed by atoms with Crippen LogP contribution in [-0.4, -0.2) is 42.8 Å². The smallest absolute Gasteiger partial charge is 0.408 e. The molecule has 0 heterocycles. The van der Waals surface area contributed by atoms with Crippen molar-refractivity contribution in [3.05, 3.63) is 71.8 Å². The predicted octanol–water partition coefficient (Wildman–Crippen LogP) is 6.41. The van der Waals surface area contributed by atoms with Crippen molar-refractivity contribution in [2.45, 2.75) is 84.9 Å². The minimum atomic E-state index is -4.21. The molecule has 0 bridgehead atoms. The lowest BCUT2D eigenvalue weighted by atomic mass is 10.0. The van der Waals surface area contributed by atoms with Crippen LogP contribution in [0.3, 0.4) is 0 Å². The Morgan fingerprint density at radius 1 is 0.780 bits per heavy atom. The highest BCUT2D eigenvalue weighted by molar-refractivity contribution is 7.72. The van der Waals surface area contributed by atoms with E-state index < -0.39 is 37.2 Å². The van der Waals surface area contributed by atoms with Gasteiger partial charge in [0.15, 0.2) is 0 Å². The number of amides is 2. The second-order valence-electron chi connectivity index (χ2n) is 10.3. The maximum atomic E-state index is 13.8. The number of hydrogen-bond donors (Lipinski definition) is 2. The van der Waals surface area contributed by atoms with Gasteiger partial charge in [-0.3, -0.25) is 14.2 Å². The normalized spacial score (nSPS) is 12.9. The summed E-state index contributed by atoms with van der Waals surface area (Å²) in [5, 5.41) is 5.38. The van der Waals surface area contributed by atoms with Crippen molar-refractivity contribution in [1.82, 2.24) is 10.6 Å². The Morgan fingerprint density at radius 2 is 1.32 bits per heavy atom. The van der Waals surface area contributed by atoms with Crippen molar-refractivity contribution in [3.63, 3.8) is 0 Å². The number of hydrogen-bond acceptors (Lipinski definition) is 7. The maximum Gasteiger partial charge on any atom is 0.408 e. The molecule has 2 aromatic carbocycles. The van der Waals surface area contributed by atoms with E-state index in [9.17, 15) is 18.9 Å². The van der Waals surface area contributed by atoms with Crippen molar-refractivity contribution in [2.75, 3.05) is 13.2 Å². The topological polar surface area (TPSA) is 120 Å². The number of carbonyl (C=O) groups excluding carboxylic acids is 3. The molecule has 0 radical (unpaired) electrons. The zero-order valence-corrected chi connectivity index (χ0v) is 25.6. The third kappa shape index (κ3) is 12.6. The monoisotopic (exact) mass is 588 g/mol. The quantitative estimate of drug-likeness (QED) is 0.144. The summed E-state index contributed by atoms with van der Waals surface area (Å²) in [6, 6.07) is 16.1. The molecule has 41 heavy (non-hydrogen) atoms. The summed E-state index contributed by atoms with van der Waals surface area (Å²) in [6.45, 7) is 8.00. The molecule has 0 saturated carbocycles. The van der Waals surface area contributed by atoms with Crippen molar-refractivity contribution >= 4 is 25.1 Å². The Morgan fingerprint density at radius 3 is 1.83 bits per heavy atom. The minimum Gasteiger partial charge on any atom is -0.445 e. The van der Waals surface area contributed by atoms with Crippen LogP contribution in [0.15, 0.2) is 60.7 Å². The molecule has 0 aromatic heterocycles. The van der Waals surface area contributed by atoms with E-state index in [1.54, 1.807) is 0 Å². The first kappa shape index (κ1) is 34.2. The Labute approximate surface area is 244 Å². The number of alkyl carbamates (subject to hydrolysis) is 1. The van der Waals surface area contributed by atoms with Gasteiger partial charge < -0.3 is 24.4 Å². The van der Waals surface area contributed by atoms with Gasteiger partial charge in [-0.05, 0) is 36.3 Å². The predicted molar refractivity (Wildman–Crippen MR) is 159 cm³/mol. The van der Waals surface area contributed by atoms with Crippen LogP contribution < -0.4 is 10.6 Å². The van der Waals surface area contributed by atoms with Crippen molar-refractivity contribution in [2.24, 2.45) is 5.92 Å². The van der Waals surface area contributed by atoms with Gasteiger partial charge in [0.05, 0.1) is 13.2 Å². The first-order valence-electron chi connectivity index (χ1n) is 14.4. The molecule has 0 aliphatic carbocycles. The molecule has 10 heteroatoms. The fraction of sp³-hybridized carbons (Fsp3) is 0.516. The fourth-order valence-electron chi connectivity index (χ4n) is 3.95. The average molecular weight is 589 g/mol. The highest BCUT2D eigenvalue weighted by atomic mass is 31.2. The number of benzene rings is 2. The third-order valence-electron chi connectivity index (χ3n) is 6.21. The van der Waals surface area contributed by atoms with Crippen molar-refractivity contribution < 1.29 is 32.7 Å². The standard InChI is InChI=1S/C31H45N2O7P/c1-5-7-19-39-41(37,40-20-8-6-2)30(35)28(22-25-15-11-9-12-16-25)32-29(34)27(21-24(3)4)33-31(36)38-23-26-17-13-10-14-18-26/h9-18,24,27-28H,5-8,19-23H2,1-4H3,(H,32,34)(H,33,36)/t27-,28-/m0/s1. The Hall–Kier alpha value is -3.00. The van der Waals surface area contributed by atoms with Gasteiger partial charge in [-0.1, -0.05) is 101 Å². The first-order valence-corrected chi connectivity index (χ1v) is 16.0. The van der Waals surface area contributed by atoms with Gasteiger partial charge in [-0.15, -0.1) is 0 Å². The van der Waals surface area contributed by atoms with Crippen LogP contribution in [-0.2, 0) is 41.0 Å². The number of unbranched alkanes of at least 4 members (excludes halogenated alkanes) is 2. The van der Waals surface area contributed by atoms with Gasteiger partial charge in [-0.2, -0.15) is 0 Å². The maximum absolute atomic E-state index is 13.8. The molecule has 0 spiro atoms. The van der Waals surface area contributed by atoms with Gasteiger partial charge in [-0.25, -0.2) is 4.79 Å². The molecule has 0 fully saturated rings. The van der Waals surface area contributed by atoms with Crippen LogP contribution in [0.5, 0.6) is 0 Å². The molecule has 2 amide bonds. The zero-order valence-electron chi connectivity index (χ0n) is 24.7. The second-order valence-corrected chi connectivity index (χ2v) is 12.3. The lowest BCUT2D eigenvalue weighted by Crippen LogP contribution is -2.52. The fourth-order valence-corrected chi connectivity index (χ4v) is 5.55. The Kier molecular flexibility index (Phi) is 15.4. The van der Waals surface area contributed by atoms with Crippen LogP contribution in [0.25, 0.3) is 0 Å². The van der Waals surface area contributed by atoms with E-state index in [2.05, 4.69) is 10.6 Å². The molecule has 2 atom stereocenters. The van der Waals surface area contributed by atoms with E-state index in [1.807, 2.05) is 88.4 Å². The summed E-state index contributed by atoms with van der Waals surface area (Å²) in [5.74, 6) is -0.539. The van der Waals surface area contributed by atoms with E-state index in [4.69, 9.17) is 13.8 Å². The molecule has 226 valence electrons. The lowest BCUT2D eigenvalue weighted by Gasteiger charge is -2.26. The lowest BCUT2D eigenvalue weighted by molar-refractivity contribution is -0.127. The summed E-state index contributed by atoms with van der Waals surface area (Å²) in [6.07, 6.45) is 2.42. The number of ether oxygens (including phenoxy) is 1. The summed E-state index contributed by atoms with van der Waals surface area (Å²) in [4.78, 5) is 39.9. The molecule has 2 N–H and O–H groups in total. The Balaban J connectivity index is 2.25. The summed E-state index contributed by atoms with van der Waals surface area (Å²) >= 11 is 0. The molecule has 2 aromatic rings. The van der Waals surface area contributed by atoms with Crippen LogP contribution in [0.2, 0.25) is 0 Å². The molecule has 0 saturated heterocycles. The molecule has 0 aliphatic heterocycles. The van der Waals surface area contributed by atoms with Gasteiger partial charge in [0.25, 0.3) is 5.52 Å². The van der Waals surface area contributed by atoms with Gasteiger partial charge >= 0.3 is 13.7 Å². The summed E-state index contributed by atoms with van der Waals surface area (Å²) in [7, 11) is -4.21. The zero-order chi connectivity index (χ0) is 30.1.